The van der Waals surface area contributed by atoms with Crippen molar-refractivity contribution in [3.05, 3.63) is 17.8 Å². The number of nitriles is 2. The highest BCUT2D eigenvalue weighted by atomic mass is 16.5. The van der Waals surface area contributed by atoms with Crippen LogP contribution in [0.3, 0.4) is 0 Å². The number of nitrogen functional groups attached to an aromatic ring is 1. The lowest BCUT2D eigenvalue weighted by molar-refractivity contribution is 0.205. The molecule has 0 saturated carbocycles. The van der Waals surface area contributed by atoms with Gasteiger partial charge in [-0.25, -0.2) is 4.98 Å². The molecule has 0 aliphatic heterocycles. The second kappa shape index (κ2) is 7.10. The summed E-state index contributed by atoms with van der Waals surface area (Å²) in [5, 5.41) is 17.6. The normalized spacial score (nSPS) is 9.50. The summed E-state index contributed by atoms with van der Waals surface area (Å²) in [6.45, 7) is 1.58. The van der Waals surface area contributed by atoms with Crippen molar-refractivity contribution >= 4 is 11.5 Å². The fraction of sp³-hybridized carbons (Fsp3) is 0.417. The maximum absolute atomic E-state index is 8.92. The van der Waals surface area contributed by atoms with E-state index in [0.29, 0.717) is 43.2 Å². The third kappa shape index (κ3) is 3.34. The van der Waals surface area contributed by atoms with Crippen molar-refractivity contribution < 1.29 is 4.74 Å². The first-order valence-corrected chi connectivity index (χ1v) is 5.50. The molecule has 0 saturated heterocycles. The first-order valence-electron chi connectivity index (χ1n) is 5.50. The number of rotatable bonds is 6. The maximum atomic E-state index is 8.92. The molecular formula is C12H15N5O. The first-order chi connectivity index (χ1) is 8.74. The summed E-state index contributed by atoms with van der Waals surface area (Å²) in [5.41, 5.74) is 6.62. The van der Waals surface area contributed by atoms with Crippen molar-refractivity contribution in [1.29, 1.82) is 10.5 Å². The Morgan fingerprint density at radius 2 is 2.22 bits per heavy atom. The number of aromatic nitrogens is 1. The van der Waals surface area contributed by atoms with Gasteiger partial charge in [-0.1, -0.05) is 0 Å². The Hall–Kier alpha value is -2.31. The van der Waals surface area contributed by atoms with E-state index in [2.05, 4.69) is 11.1 Å². The molecule has 1 heterocycles. The van der Waals surface area contributed by atoms with Gasteiger partial charge in [0.15, 0.2) is 5.82 Å². The Balaban J connectivity index is 2.97. The van der Waals surface area contributed by atoms with E-state index < -0.39 is 0 Å². The number of anilines is 2. The molecule has 0 aromatic carbocycles. The summed E-state index contributed by atoms with van der Waals surface area (Å²) in [4.78, 5) is 6.03. The zero-order valence-electron chi connectivity index (χ0n) is 10.3. The molecule has 0 radical (unpaired) electrons. The molecular weight excluding hydrogens is 230 g/mol. The van der Waals surface area contributed by atoms with Gasteiger partial charge in [0, 0.05) is 26.4 Å². The predicted molar refractivity (Wildman–Crippen MR) is 67.7 cm³/mol. The molecule has 0 bridgehead atoms. The van der Waals surface area contributed by atoms with Gasteiger partial charge in [0.2, 0.25) is 0 Å². The lowest BCUT2D eigenvalue weighted by Crippen LogP contribution is -2.30. The standard InChI is InChI=1S/C12H15N5O/c1-18-8-7-17(6-2-4-13)12-11(15)10(9-14)3-5-16-12/h3,5H,2,6-8,15H2,1H3. The van der Waals surface area contributed by atoms with Crippen LogP contribution in [0.2, 0.25) is 0 Å². The minimum absolute atomic E-state index is 0.342. The molecule has 1 aromatic heterocycles. The number of hydrogen-bond donors (Lipinski definition) is 1. The Morgan fingerprint density at radius 3 is 2.83 bits per heavy atom. The summed E-state index contributed by atoms with van der Waals surface area (Å²) in [6.07, 6.45) is 1.90. The highest BCUT2D eigenvalue weighted by molar-refractivity contribution is 5.70. The van der Waals surface area contributed by atoms with Gasteiger partial charge in [0.1, 0.15) is 6.07 Å². The number of nitrogens with zero attached hydrogens (tertiary/aromatic N) is 4. The summed E-state index contributed by atoms with van der Waals surface area (Å²) < 4.78 is 5.01. The van der Waals surface area contributed by atoms with Crippen LogP contribution in [0.25, 0.3) is 0 Å². The van der Waals surface area contributed by atoms with Crippen molar-refractivity contribution in [1.82, 2.24) is 4.98 Å². The van der Waals surface area contributed by atoms with E-state index in [1.54, 1.807) is 13.2 Å². The molecule has 0 spiro atoms. The molecule has 0 aliphatic rings. The van der Waals surface area contributed by atoms with Crippen LogP contribution >= 0.6 is 0 Å². The van der Waals surface area contributed by atoms with Gasteiger partial charge in [-0.3, -0.25) is 0 Å². The van der Waals surface area contributed by atoms with Crippen molar-refractivity contribution in [2.45, 2.75) is 6.42 Å². The van der Waals surface area contributed by atoms with Crippen LogP contribution in [0.15, 0.2) is 12.3 Å². The molecule has 1 rings (SSSR count). The third-order valence-electron chi connectivity index (χ3n) is 2.45. The number of ether oxygens (including phenoxy) is 1. The molecule has 18 heavy (non-hydrogen) atoms. The van der Waals surface area contributed by atoms with Crippen LogP contribution in [0, 0.1) is 22.7 Å². The fourth-order valence-corrected chi connectivity index (χ4v) is 1.52. The average Bonchev–Trinajstić information content (AvgIpc) is 2.40. The van der Waals surface area contributed by atoms with E-state index >= 15 is 0 Å². The maximum Gasteiger partial charge on any atom is 0.153 e. The highest BCUT2D eigenvalue weighted by Crippen LogP contribution is 2.23. The van der Waals surface area contributed by atoms with Crippen LogP contribution < -0.4 is 10.6 Å². The molecule has 94 valence electrons. The number of nitrogens with two attached hydrogens (primary N) is 1. The van der Waals surface area contributed by atoms with Crippen LogP contribution in [-0.2, 0) is 4.74 Å². The van der Waals surface area contributed by atoms with E-state index in [1.807, 2.05) is 11.0 Å². The van der Waals surface area contributed by atoms with E-state index in [-0.39, 0.29) is 0 Å². The summed E-state index contributed by atoms with van der Waals surface area (Å²) in [7, 11) is 1.60. The Labute approximate surface area is 106 Å². The summed E-state index contributed by atoms with van der Waals surface area (Å²) in [6, 6.07) is 5.66. The second-order valence-electron chi connectivity index (χ2n) is 3.60. The van der Waals surface area contributed by atoms with Crippen molar-refractivity contribution in [2.75, 3.05) is 37.4 Å². The minimum atomic E-state index is 0.342. The molecule has 0 fully saturated rings. The monoisotopic (exact) mass is 245 g/mol. The Morgan fingerprint density at radius 1 is 1.44 bits per heavy atom. The Kier molecular flexibility index (Phi) is 5.43. The highest BCUT2D eigenvalue weighted by Gasteiger charge is 2.13. The van der Waals surface area contributed by atoms with E-state index in [0.717, 1.165) is 0 Å². The van der Waals surface area contributed by atoms with Crippen LogP contribution in [0.5, 0.6) is 0 Å². The zero-order chi connectivity index (χ0) is 13.4. The molecule has 2 N–H and O–H groups in total. The average molecular weight is 245 g/mol. The summed E-state index contributed by atoms with van der Waals surface area (Å²) >= 11 is 0. The van der Waals surface area contributed by atoms with Gasteiger partial charge in [0.25, 0.3) is 0 Å². The first kappa shape index (κ1) is 13.8. The Bertz CT molecular complexity index is 474. The predicted octanol–water partition coefficient (Wildman–Crippen LogP) is 0.902. The SMILES string of the molecule is COCCN(CCC#N)c1nccc(C#N)c1N. The van der Waals surface area contributed by atoms with Gasteiger partial charge >= 0.3 is 0 Å². The molecule has 6 heteroatoms. The molecule has 0 unspecified atom stereocenters. The topological polar surface area (TPSA) is 99.0 Å². The van der Waals surface area contributed by atoms with E-state index in [9.17, 15) is 0 Å². The van der Waals surface area contributed by atoms with Crippen LogP contribution in [0.1, 0.15) is 12.0 Å². The molecule has 0 aliphatic carbocycles. The summed E-state index contributed by atoms with van der Waals surface area (Å²) in [5.74, 6) is 0.529. The largest absolute Gasteiger partial charge is 0.395 e. The molecule has 0 amide bonds. The number of pyridine rings is 1. The van der Waals surface area contributed by atoms with Crippen molar-refractivity contribution in [3.63, 3.8) is 0 Å². The van der Waals surface area contributed by atoms with E-state index in [1.165, 1.54) is 6.20 Å². The lowest BCUT2D eigenvalue weighted by atomic mass is 10.2. The lowest BCUT2D eigenvalue weighted by Gasteiger charge is -2.23. The molecule has 0 atom stereocenters. The van der Waals surface area contributed by atoms with Crippen LogP contribution in [-0.4, -0.2) is 31.8 Å². The molecule has 6 nitrogen and oxygen atoms in total. The van der Waals surface area contributed by atoms with Gasteiger partial charge in [-0.15, -0.1) is 0 Å². The quantitative estimate of drug-likeness (QED) is 0.799. The second-order valence-corrected chi connectivity index (χ2v) is 3.60. The van der Waals surface area contributed by atoms with Gasteiger partial charge in [-0.05, 0) is 6.07 Å². The van der Waals surface area contributed by atoms with Gasteiger partial charge in [-0.2, -0.15) is 10.5 Å². The fourth-order valence-electron chi connectivity index (χ4n) is 1.52. The number of methoxy groups -OCH3 is 1. The number of hydrogen-bond acceptors (Lipinski definition) is 6. The van der Waals surface area contributed by atoms with Crippen molar-refractivity contribution in [3.8, 4) is 12.1 Å². The third-order valence-corrected chi connectivity index (χ3v) is 2.45. The van der Waals surface area contributed by atoms with Crippen molar-refractivity contribution in [2.24, 2.45) is 0 Å². The zero-order valence-corrected chi connectivity index (χ0v) is 10.3. The minimum Gasteiger partial charge on any atom is -0.395 e. The molecule has 1 aromatic rings. The van der Waals surface area contributed by atoms with Gasteiger partial charge < -0.3 is 15.4 Å². The van der Waals surface area contributed by atoms with Crippen LogP contribution in [0.4, 0.5) is 11.5 Å². The smallest absolute Gasteiger partial charge is 0.153 e. The van der Waals surface area contributed by atoms with E-state index in [4.69, 9.17) is 21.0 Å². The van der Waals surface area contributed by atoms with Gasteiger partial charge in [0.05, 0.1) is 30.3 Å².